The van der Waals surface area contributed by atoms with E-state index in [1.165, 1.54) is 19.1 Å². The second-order valence-electron chi connectivity index (χ2n) is 8.12. The molecule has 13 nitrogen and oxygen atoms in total. The van der Waals surface area contributed by atoms with E-state index in [1.54, 1.807) is 12.1 Å². The first-order valence-electron chi connectivity index (χ1n) is 11.1. The van der Waals surface area contributed by atoms with E-state index in [0.29, 0.717) is 24.9 Å². The highest BCUT2D eigenvalue weighted by atomic mass is 16.4. The molecule has 0 bridgehead atoms. The van der Waals surface area contributed by atoms with Crippen LogP contribution in [0.4, 0.5) is 0 Å². The number of hydrogen-bond acceptors (Lipinski definition) is 8. The number of nitrogens with two attached hydrogens (primary N) is 3. The summed E-state index contributed by atoms with van der Waals surface area (Å²) < 4.78 is 0. The molecular weight excluding hydrogens is 460 g/mol. The van der Waals surface area contributed by atoms with Gasteiger partial charge in [0.2, 0.25) is 23.6 Å². The molecule has 35 heavy (non-hydrogen) atoms. The quantitative estimate of drug-likeness (QED) is 0.123. The minimum absolute atomic E-state index is 0.0489. The number of hydrogen-bond donors (Lipinski definition) is 8. The maximum absolute atomic E-state index is 12.9. The fourth-order valence-corrected chi connectivity index (χ4v) is 3.08. The molecule has 4 amide bonds. The van der Waals surface area contributed by atoms with Crippen molar-refractivity contribution >= 4 is 29.6 Å². The van der Waals surface area contributed by atoms with E-state index in [4.69, 9.17) is 22.3 Å². The number of amides is 4. The summed E-state index contributed by atoms with van der Waals surface area (Å²) in [5.74, 6) is -4.41. The molecule has 1 rings (SSSR count). The number of phenols is 1. The lowest BCUT2D eigenvalue weighted by Crippen LogP contribution is -2.57. The summed E-state index contributed by atoms with van der Waals surface area (Å²) in [4.78, 5) is 60.6. The second-order valence-corrected chi connectivity index (χ2v) is 8.12. The largest absolute Gasteiger partial charge is 0.508 e. The van der Waals surface area contributed by atoms with Crippen LogP contribution in [-0.4, -0.2) is 70.5 Å². The minimum atomic E-state index is -1.41. The lowest BCUT2D eigenvalue weighted by molar-refractivity contribution is -0.142. The van der Waals surface area contributed by atoms with E-state index >= 15 is 0 Å². The van der Waals surface area contributed by atoms with E-state index in [2.05, 4.69) is 16.0 Å². The molecule has 0 aliphatic carbocycles. The summed E-state index contributed by atoms with van der Waals surface area (Å²) in [7, 11) is 0. The van der Waals surface area contributed by atoms with Crippen molar-refractivity contribution in [3.8, 4) is 5.75 Å². The highest BCUT2D eigenvalue weighted by Gasteiger charge is 2.30. The molecule has 1 aromatic carbocycles. The minimum Gasteiger partial charge on any atom is -0.508 e. The Morgan fingerprint density at radius 2 is 1.49 bits per heavy atom. The van der Waals surface area contributed by atoms with Crippen LogP contribution >= 0.6 is 0 Å². The van der Waals surface area contributed by atoms with Crippen molar-refractivity contribution in [3.05, 3.63) is 29.8 Å². The Kier molecular flexibility index (Phi) is 12.2. The summed E-state index contributed by atoms with van der Waals surface area (Å²) in [6, 6.07) is 1.21. The first-order chi connectivity index (χ1) is 16.4. The van der Waals surface area contributed by atoms with Crippen molar-refractivity contribution in [1.82, 2.24) is 16.0 Å². The third-order valence-corrected chi connectivity index (χ3v) is 5.08. The van der Waals surface area contributed by atoms with Gasteiger partial charge in [0.1, 0.15) is 23.9 Å². The molecule has 0 radical (unpaired) electrons. The molecule has 0 aliphatic rings. The summed E-state index contributed by atoms with van der Waals surface area (Å²) >= 11 is 0. The van der Waals surface area contributed by atoms with Crippen molar-refractivity contribution in [2.75, 3.05) is 6.54 Å². The fraction of sp³-hybridized carbons (Fsp3) is 0.500. The average Bonchev–Trinajstić information content (AvgIpc) is 2.78. The fourth-order valence-electron chi connectivity index (χ4n) is 3.08. The van der Waals surface area contributed by atoms with Gasteiger partial charge in [0.05, 0.1) is 12.5 Å². The zero-order valence-corrected chi connectivity index (χ0v) is 19.5. The predicted octanol–water partition coefficient (Wildman–Crippen LogP) is -2.17. The molecule has 0 saturated carbocycles. The number of aromatic hydroxyl groups is 1. The number of carboxylic acids is 1. The van der Waals surface area contributed by atoms with Gasteiger partial charge in [0, 0.05) is 0 Å². The van der Waals surface area contributed by atoms with E-state index in [1.807, 2.05) is 0 Å². The highest BCUT2D eigenvalue weighted by Crippen LogP contribution is 2.11. The maximum atomic E-state index is 12.9. The average molecular weight is 495 g/mol. The second kappa shape index (κ2) is 14.5. The maximum Gasteiger partial charge on any atom is 0.325 e. The lowest BCUT2D eigenvalue weighted by Gasteiger charge is -2.24. The van der Waals surface area contributed by atoms with Gasteiger partial charge in [-0.1, -0.05) is 12.1 Å². The molecule has 1 aromatic rings. The molecule has 0 spiro atoms. The normalized spacial score (nSPS) is 14.1. The first kappa shape index (κ1) is 29.3. The van der Waals surface area contributed by atoms with Gasteiger partial charge >= 0.3 is 5.97 Å². The van der Waals surface area contributed by atoms with Crippen LogP contribution in [-0.2, 0) is 30.4 Å². The van der Waals surface area contributed by atoms with Crippen molar-refractivity contribution in [1.29, 1.82) is 0 Å². The first-order valence-corrected chi connectivity index (χ1v) is 11.1. The molecular formula is C22H34N6O7. The van der Waals surface area contributed by atoms with Crippen LogP contribution in [0.2, 0.25) is 0 Å². The molecule has 0 saturated heterocycles. The van der Waals surface area contributed by atoms with Crippen molar-refractivity contribution in [3.63, 3.8) is 0 Å². The number of unbranched alkanes of at least 4 members (excludes halogenated alkanes) is 1. The molecule has 11 N–H and O–H groups in total. The van der Waals surface area contributed by atoms with Crippen molar-refractivity contribution < 1.29 is 34.2 Å². The Labute approximate surface area is 202 Å². The third kappa shape index (κ3) is 10.8. The van der Waals surface area contributed by atoms with E-state index < -0.39 is 60.2 Å². The molecule has 0 fully saturated rings. The van der Waals surface area contributed by atoms with Crippen molar-refractivity contribution in [2.45, 2.75) is 63.2 Å². The number of carbonyl (C=O) groups is 5. The van der Waals surface area contributed by atoms with Crippen LogP contribution in [0.5, 0.6) is 5.75 Å². The number of rotatable bonds is 15. The van der Waals surface area contributed by atoms with Gasteiger partial charge in [-0.15, -0.1) is 0 Å². The molecule has 4 unspecified atom stereocenters. The van der Waals surface area contributed by atoms with Gasteiger partial charge in [-0.25, -0.2) is 0 Å². The van der Waals surface area contributed by atoms with Crippen LogP contribution < -0.4 is 33.2 Å². The zero-order valence-electron chi connectivity index (χ0n) is 19.5. The summed E-state index contributed by atoms with van der Waals surface area (Å²) in [5.41, 5.74) is 17.3. The number of aliphatic carboxylic acids is 1. The summed E-state index contributed by atoms with van der Waals surface area (Å²) in [6.45, 7) is 1.62. The molecule has 0 aliphatic heterocycles. The highest BCUT2D eigenvalue weighted by molar-refractivity contribution is 5.96. The van der Waals surface area contributed by atoms with E-state index in [9.17, 15) is 29.1 Å². The van der Waals surface area contributed by atoms with Gasteiger partial charge in [-0.05, 0) is 56.8 Å². The third-order valence-electron chi connectivity index (χ3n) is 5.08. The van der Waals surface area contributed by atoms with Gasteiger partial charge in [0.25, 0.3) is 0 Å². The number of nitrogens with one attached hydrogen (secondary N) is 3. The van der Waals surface area contributed by atoms with Crippen LogP contribution in [0.3, 0.4) is 0 Å². The van der Waals surface area contributed by atoms with Crippen LogP contribution in [0.15, 0.2) is 24.3 Å². The number of benzene rings is 1. The monoisotopic (exact) mass is 494 g/mol. The summed E-state index contributed by atoms with van der Waals surface area (Å²) in [5, 5.41) is 25.5. The standard InChI is InChI=1S/C22H34N6O7/c1-12(22(34)35)26-20(32)16(4-2-3-9-23)27-21(33)17(11-18(25)30)28-19(31)15(24)10-13-5-7-14(29)8-6-13/h5-8,12,15-17,29H,2-4,9-11,23-24H2,1H3,(H2,25,30)(H,26,32)(H,27,33)(H,28,31)(H,34,35). The van der Waals surface area contributed by atoms with Gasteiger partial charge < -0.3 is 43.4 Å². The molecule has 13 heteroatoms. The Bertz CT molecular complexity index is 893. The predicted molar refractivity (Wildman–Crippen MR) is 126 cm³/mol. The molecule has 194 valence electrons. The van der Waals surface area contributed by atoms with E-state index in [-0.39, 0.29) is 18.6 Å². The van der Waals surface area contributed by atoms with Gasteiger partial charge in [-0.2, -0.15) is 0 Å². The Morgan fingerprint density at radius 3 is 2.03 bits per heavy atom. The number of carboxylic acid groups (broad SMARTS) is 1. The van der Waals surface area contributed by atoms with Crippen LogP contribution in [0.25, 0.3) is 0 Å². The zero-order chi connectivity index (χ0) is 26.5. The number of carbonyl (C=O) groups excluding carboxylic acids is 4. The van der Waals surface area contributed by atoms with Crippen LogP contribution in [0.1, 0.15) is 38.2 Å². The Balaban J connectivity index is 2.91. The topological polar surface area (TPSA) is 240 Å². The van der Waals surface area contributed by atoms with Gasteiger partial charge in [-0.3, -0.25) is 24.0 Å². The van der Waals surface area contributed by atoms with Crippen molar-refractivity contribution in [2.24, 2.45) is 17.2 Å². The van der Waals surface area contributed by atoms with Gasteiger partial charge in [0.15, 0.2) is 0 Å². The van der Waals surface area contributed by atoms with Crippen LogP contribution in [0, 0.1) is 0 Å². The molecule has 0 heterocycles. The lowest BCUT2D eigenvalue weighted by atomic mass is 10.0. The summed E-state index contributed by atoms with van der Waals surface area (Å²) in [6.07, 6.45) is 0.710. The molecule has 4 atom stereocenters. The number of phenolic OH excluding ortho intramolecular Hbond substituents is 1. The Hall–Kier alpha value is -3.71. The Morgan fingerprint density at radius 1 is 0.914 bits per heavy atom. The van der Waals surface area contributed by atoms with E-state index in [0.717, 1.165) is 0 Å². The SMILES string of the molecule is CC(NC(=O)C(CCCCN)NC(=O)C(CC(N)=O)NC(=O)C(N)Cc1ccc(O)cc1)C(=O)O. The number of primary amides is 1. The molecule has 0 aromatic heterocycles. The smallest absolute Gasteiger partial charge is 0.325 e.